The Morgan fingerprint density at radius 3 is 2.72 bits per heavy atom. The molecular weight excluding hydrogens is 396 g/mol. The standard InChI is InChI=1S/C14H15BrN6O4/c1-25-7-6-16-12-11(21(23)24)13(18-8-17-12)19-20-14(22)9-4-2-3-5-10(9)15/h2-5,8H,6-7H2,1H3,(H,20,22)(H2,16,17,18,19). The molecule has 25 heavy (non-hydrogen) atoms. The van der Waals surface area contributed by atoms with Crippen LogP contribution in [0.2, 0.25) is 0 Å². The van der Waals surface area contributed by atoms with E-state index in [-0.39, 0.29) is 17.3 Å². The number of hydrazine groups is 1. The molecule has 1 heterocycles. The Labute approximate surface area is 151 Å². The fourth-order valence-electron chi connectivity index (χ4n) is 1.87. The summed E-state index contributed by atoms with van der Waals surface area (Å²) in [6.45, 7) is 0.680. The molecule has 0 aliphatic carbocycles. The molecule has 0 fully saturated rings. The Morgan fingerprint density at radius 1 is 1.32 bits per heavy atom. The summed E-state index contributed by atoms with van der Waals surface area (Å²) in [5, 5.41) is 14.1. The molecule has 0 saturated carbocycles. The lowest BCUT2D eigenvalue weighted by molar-refractivity contribution is -0.383. The predicted molar refractivity (Wildman–Crippen MR) is 94.3 cm³/mol. The van der Waals surface area contributed by atoms with Crippen molar-refractivity contribution in [1.29, 1.82) is 0 Å². The van der Waals surface area contributed by atoms with Gasteiger partial charge in [0.05, 0.1) is 17.1 Å². The summed E-state index contributed by atoms with van der Waals surface area (Å²) in [6, 6.07) is 6.78. The average molecular weight is 411 g/mol. The first kappa shape index (κ1) is 18.5. The van der Waals surface area contributed by atoms with Gasteiger partial charge in [-0.2, -0.15) is 0 Å². The molecule has 132 valence electrons. The van der Waals surface area contributed by atoms with Gasteiger partial charge in [0.2, 0.25) is 11.6 Å². The highest BCUT2D eigenvalue weighted by Crippen LogP contribution is 2.28. The van der Waals surface area contributed by atoms with Gasteiger partial charge in [-0.05, 0) is 28.1 Å². The van der Waals surface area contributed by atoms with Crippen LogP contribution in [-0.4, -0.2) is 41.1 Å². The van der Waals surface area contributed by atoms with Crippen molar-refractivity contribution in [3.8, 4) is 0 Å². The minimum absolute atomic E-state index is 0.0229. The van der Waals surface area contributed by atoms with Gasteiger partial charge < -0.3 is 10.1 Å². The molecule has 2 rings (SSSR count). The number of rotatable bonds is 8. The van der Waals surface area contributed by atoms with Crippen LogP contribution in [0.25, 0.3) is 0 Å². The van der Waals surface area contributed by atoms with E-state index in [0.717, 1.165) is 6.33 Å². The molecule has 1 aromatic heterocycles. The van der Waals surface area contributed by atoms with E-state index in [1.807, 2.05) is 0 Å². The monoisotopic (exact) mass is 410 g/mol. The van der Waals surface area contributed by atoms with Crippen LogP contribution in [0.15, 0.2) is 35.1 Å². The second kappa shape index (κ2) is 8.89. The molecule has 0 spiro atoms. The number of carbonyl (C=O) groups excluding carboxylic acids is 1. The smallest absolute Gasteiger partial charge is 0.354 e. The summed E-state index contributed by atoms with van der Waals surface area (Å²) in [5.74, 6) is -0.593. The van der Waals surface area contributed by atoms with Crippen molar-refractivity contribution in [3.63, 3.8) is 0 Å². The number of anilines is 2. The van der Waals surface area contributed by atoms with E-state index in [4.69, 9.17) is 4.74 Å². The Hall–Kier alpha value is -2.79. The number of aromatic nitrogens is 2. The van der Waals surface area contributed by atoms with E-state index < -0.39 is 10.8 Å². The van der Waals surface area contributed by atoms with Crippen LogP contribution >= 0.6 is 15.9 Å². The number of ether oxygens (including phenoxy) is 1. The van der Waals surface area contributed by atoms with E-state index in [9.17, 15) is 14.9 Å². The number of hydrogen-bond acceptors (Lipinski definition) is 8. The van der Waals surface area contributed by atoms with Gasteiger partial charge in [-0.25, -0.2) is 9.97 Å². The summed E-state index contributed by atoms with van der Waals surface area (Å²) in [6.07, 6.45) is 1.15. The van der Waals surface area contributed by atoms with E-state index >= 15 is 0 Å². The molecule has 0 aliphatic rings. The van der Waals surface area contributed by atoms with Crippen molar-refractivity contribution in [1.82, 2.24) is 15.4 Å². The third-order valence-electron chi connectivity index (χ3n) is 3.02. The Bertz CT molecular complexity index is 773. The van der Waals surface area contributed by atoms with Gasteiger partial charge in [-0.1, -0.05) is 12.1 Å². The Balaban J connectivity index is 2.16. The zero-order valence-corrected chi connectivity index (χ0v) is 14.7. The first-order chi connectivity index (χ1) is 12.0. The number of hydrogen-bond donors (Lipinski definition) is 3. The van der Waals surface area contributed by atoms with Crippen LogP contribution in [0.5, 0.6) is 0 Å². The Morgan fingerprint density at radius 2 is 2.04 bits per heavy atom. The lowest BCUT2D eigenvalue weighted by Gasteiger charge is -2.11. The summed E-state index contributed by atoms with van der Waals surface area (Å²) in [4.78, 5) is 30.5. The molecule has 1 amide bonds. The summed E-state index contributed by atoms with van der Waals surface area (Å²) < 4.78 is 5.47. The molecule has 0 aliphatic heterocycles. The largest absolute Gasteiger partial charge is 0.383 e. The topological polar surface area (TPSA) is 131 Å². The zero-order valence-electron chi connectivity index (χ0n) is 13.2. The van der Waals surface area contributed by atoms with Crippen molar-refractivity contribution in [2.24, 2.45) is 0 Å². The highest BCUT2D eigenvalue weighted by Gasteiger charge is 2.23. The zero-order chi connectivity index (χ0) is 18.2. The maximum atomic E-state index is 12.2. The van der Waals surface area contributed by atoms with Crippen molar-refractivity contribution in [3.05, 3.63) is 50.7 Å². The maximum absolute atomic E-state index is 12.2. The highest BCUT2D eigenvalue weighted by atomic mass is 79.9. The summed E-state index contributed by atoms with van der Waals surface area (Å²) in [7, 11) is 1.51. The molecule has 10 nitrogen and oxygen atoms in total. The van der Waals surface area contributed by atoms with Crippen molar-refractivity contribution < 1.29 is 14.5 Å². The third kappa shape index (κ3) is 4.84. The number of methoxy groups -OCH3 is 1. The van der Waals surface area contributed by atoms with Crippen LogP contribution < -0.4 is 16.2 Å². The fraction of sp³-hybridized carbons (Fsp3) is 0.214. The normalized spacial score (nSPS) is 10.2. The maximum Gasteiger partial charge on any atom is 0.354 e. The second-order valence-corrected chi connectivity index (χ2v) is 5.51. The summed E-state index contributed by atoms with van der Waals surface area (Å²) in [5.41, 5.74) is 4.83. The van der Waals surface area contributed by atoms with Gasteiger partial charge in [0, 0.05) is 18.1 Å². The lowest BCUT2D eigenvalue weighted by Crippen LogP contribution is -2.30. The molecular formula is C14H15BrN6O4. The second-order valence-electron chi connectivity index (χ2n) is 4.66. The van der Waals surface area contributed by atoms with Crippen LogP contribution in [0.1, 0.15) is 10.4 Å². The first-order valence-corrected chi connectivity index (χ1v) is 7.87. The number of nitrogens with zero attached hydrogens (tertiary/aromatic N) is 3. The molecule has 0 atom stereocenters. The number of benzene rings is 1. The average Bonchev–Trinajstić information content (AvgIpc) is 2.60. The molecule has 11 heteroatoms. The minimum Gasteiger partial charge on any atom is -0.383 e. The van der Waals surface area contributed by atoms with Gasteiger partial charge in [-0.15, -0.1) is 0 Å². The SMILES string of the molecule is COCCNc1ncnc(NNC(=O)c2ccccc2Br)c1[N+](=O)[O-]. The van der Waals surface area contributed by atoms with E-state index in [2.05, 4.69) is 42.1 Å². The number of halogens is 1. The van der Waals surface area contributed by atoms with Crippen LogP contribution in [0.4, 0.5) is 17.3 Å². The van der Waals surface area contributed by atoms with Crippen molar-refractivity contribution >= 4 is 39.2 Å². The molecule has 2 aromatic rings. The lowest BCUT2D eigenvalue weighted by atomic mass is 10.2. The number of nitrogens with one attached hydrogen (secondary N) is 3. The molecule has 0 bridgehead atoms. The van der Waals surface area contributed by atoms with Crippen molar-refractivity contribution in [2.45, 2.75) is 0 Å². The molecule has 0 saturated heterocycles. The fourth-order valence-corrected chi connectivity index (χ4v) is 2.34. The van der Waals surface area contributed by atoms with Gasteiger partial charge in [0.25, 0.3) is 5.91 Å². The molecule has 3 N–H and O–H groups in total. The third-order valence-corrected chi connectivity index (χ3v) is 3.71. The van der Waals surface area contributed by atoms with Crippen LogP contribution in [-0.2, 0) is 4.74 Å². The number of nitro groups is 1. The van der Waals surface area contributed by atoms with Crippen LogP contribution in [0.3, 0.4) is 0 Å². The highest BCUT2D eigenvalue weighted by molar-refractivity contribution is 9.10. The van der Waals surface area contributed by atoms with Crippen molar-refractivity contribution in [2.75, 3.05) is 31.0 Å². The van der Waals surface area contributed by atoms with E-state index in [1.54, 1.807) is 24.3 Å². The Kier molecular flexibility index (Phi) is 6.60. The number of carbonyl (C=O) groups is 1. The minimum atomic E-state index is -0.637. The van der Waals surface area contributed by atoms with Gasteiger partial charge in [0.1, 0.15) is 6.33 Å². The van der Waals surface area contributed by atoms with Crippen LogP contribution in [0, 0.1) is 10.1 Å². The van der Waals surface area contributed by atoms with E-state index in [1.165, 1.54) is 7.11 Å². The quantitative estimate of drug-likeness (QED) is 0.341. The first-order valence-electron chi connectivity index (χ1n) is 7.07. The molecule has 0 unspecified atom stereocenters. The predicted octanol–water partition coefficient (Wildman–Crippen LogP) is 1.96. The summed E-state index contributed by atoms with van der Waals surface area (Å²) >= 11 is 3.26. The van der Waals surface area contributed by atoms with Gasteiger partial charge in [0.15, 0.2) is 0 Å². The van der Waals surface area contributed by atoms with E-state index in [0.29, 0.717) is 23.2 Å². The molecule has 1 aromatic carbocycles. The number of amides is 1. The van der Waals surface area contributed by atoms with Gasteiger partial charge >= 0.3 is 5.69 Å². The van der Waals surface area contributed by atoms with Gasteiger partial charge in [-0.3, -0.25) is 25.8 Å². The molecule has 0 radical (unpaired) electrons.